The molecule has 0 bridgehead atoms. The Balaban J connectivity index is 1.94. The fraction of sp³-hybridized carbons (Fsp3) is 0.538. The first kappa shape index (κ1) is 11.7. The lowest BCUT2D eigenvalue weighted by atomic mass is 9.83. The molecule has 0 radical (unpaired) electrons. The molecule has 3 rings (SSSR count). The Kier molecular flexibility index (Phi) is 3.01. The first-order valence-electron chi connectivity index (χ1n) is 6.00. The van der Waals surface area contributed by atoms with Crippen molar-refractivity contribution in [1.82, 2.24) is 0 Å². The summed E-state index contributed by atoms with van der Waals surface area (Å²) in [5.41, 5.74) is 7.31. The van der Waals surface area contributed by atoms with Gasteiger partial charge in [0.1, 0.15) is 11.4 Å². The van der Waals surface area contributed by atoms with E-state index in [0.29, 0.717) is 0 Å². The Morgan fingerprint density at radius 3 is 2.88 bits per heavy atom. The standard InChI is InChI=1S/C13H16ClNOS/c14-9-1-2-12-10(7-9)11(15)8-13(16-12)3-5-17-6-4-13/h1-2,7,11H,3-6,8,15H2. The summed E-state index contributed by atoms with van der Waals surface area (Å²) in [6.07, 6.45) is 3.13. The van der Waals surface area contributed by atoms with Crippen LogP contribution < -0.4 is 10.5 Å². The molecular weight excluding hydrogens is 254 g/mol. The molecule has 1 spiro atoms. The third-order valence-electron chi connectivity index (χ3n) is 3.69. The summed E-state index contributed by atoms with van der Waals surface area (Å²) in [6, 6.07) is 5.83. The van der Waals surface area contributed by atoms with Gasteiger partial charge in [-0.25, -0.2) is 0 Å². The van der Waals surface area contributed by atoms with Crippen LogP contribution in [0.4, 0.5) is 0 Å². The minimum absolute atomic E-state index is 0.0223. The topological polar surface area (TPSA) is 35.2 Å². The van der Waals surface area contributed by atoms with Crippen LogP contribution in [0.2, 0.25) is 5.02 Å². The normalized spacial score (nSPS) is 26.4. The highest BCUT2D eigenvalue weighted by Crippen LogP contribution is 2.45. The highest BCUT2D eigenvalue weighted by atomic mass is 35.5. The minimum atomic E-state index is -0.0223. The molecule has 1 fully saturated rings. The first-order valence-corrected chi connectivity index (χ1v) is 7.54. The predicted octanol–water partition coefficient (Wildman–Crippen LogP) is 3.39. The average molecular weight is 270 g/mol. The third kappa shape index (κ3) is 2.16. The molecule has 4 heteroatoms. The largest absolute Gasteiger partial charge is 0.487 e. The van der Waals surface area contributed by atoms with Crippen LogP contribution in [-0.4, -0.2) is 17.1 Å². The van der Waals surface area contributed by atoms with Gasteiger partial charge in [0, 0.05) is 23.0 Å². The van der Waals surface area contributed by atoms with Crippen LogP contribution in [0.25, 0.3) is 0 Å². The van der Waals surface area contributed by atoms with Gasteiger partial charge < -0.3 is 10.5 Å². The van der Waals surface area contributed by atoms with E-state index >= 15 is 0 Å². The Labute approximate surface area is 111 Å². The van der Waals surface area contributed by atoms with Crippen molar-refractivity contribution in [2.45, 2.75) is 30.9 Å². The first-order chi connectivity index (χ1) is 8.19. The molecule has 1 aromatic rings. The number of fused-ring (bicyclic) bond motifs is 1. The molecule has 2 aliphatic rings. The summed E-state index contributed by atoms with van der Waals surface area (Å²) in [4.78, 5) is 0. The van der Waals surface area contributed by atoms with E-state index in [-0.39, 0.29) is 11.6 Å². The number of ether oxygens (including phenoxy) is 1. The summed E-state index contributed by atoms with van der Waals surface area (Å²) >= 11 is 8.01. The fourth-order valence-corrected chi connectivity index (χ4v) is 4.15. The van der Waals surface area contributed by atoms with Crippen LogP contribution in [0.15, 0.2) is 18.2 Å². The second-order valence-corrected chi connectivity index (χ2v) is 6.55. The van der Waals surface area contributed by atoms with E-state index in [1.807, 2.05) is 30.0 Å². The zero-order valence-electron chi connectivity index (χ0n) is 9.62. The summed E-state index contributed by atoms with van der Waals surface area (Å²) < 4.78 is 6.23. The van der Waals surface area contributed by atoms with Gasteiger partial charge in [-0.1, -0.05) is 11.6 Å². The van der Waals surface area contributed by atoms with E-state index < -0.39 is 0 Å². The van der Waals surface area contributed by atoms with E-state index in [2.05, 4.69) is 0 Å². The lowest BCUT2D eigenvalue weighted by Gasteiger charge is -2.43. The second kappa shape index (κ2) is 4.38. The van der Waals surface area contributed by atoms with E-state index in [1.54, 1.807) is 0 Å². The summed E-state index contributed by atoms with van der Waals surface area (Å²) in [6.45, 7) is 0. The highest BCUT2D eigenvalue weighted by Gasteiger charge is 2.40. The van der Waals surface area contributed by atoms with Gasteiger partial charge in [-0.05, 0) is 42.5 Å². The zero-order chi connectivity index (χ0) is 11.9. The van der Waals surface area contributed by atoms with Crippen molar-refractivity contribution < 1.29 is 4.74 Å². The Bertz CT molecular complexity index is 431. The molecular formula is C13H16ClNOS. The molecule has 1 aromatic carbocycles. The molecule has 1 saturated heterocycles. The Hall–Kier alpha value is -0.380. The number of benzene rings is 1. The van der Waals surface area contributed by atoms with Crippen molar-refractivity contribution in [2.75, 3.05) is 11.5 Å². The monoisotopic (exact) mass is 269 g/mol. The third-order valence-corrected chi connectivity index (χ3v) is 4.91. The van der Waals surface area contributed by atoms with Crippen molar-refractivity contribution in [3.05, 3.63) is 28.8 Å². The molecule has 1 unspecified atom stereocenters. The summed E-state index contributed by atoms with van der Waals surface area (Å²) in [7, 11) is 0. The molecule has 0 aliphatic carbocycles. The lowest BCUT2D eigenvalue weighted by molar-refractivity contribution is 0.0280. The van der Waals surface area contributed by atoms with Crippen LogP contribution in [0.3, 0.4) is 0 Å². The molecule has 1 atom stereocenters. The molecule has 2 heterocycles. The van der Waals surface area contributed by atoms with Gasteiger partial charge in [-0.15, -0.1) is 0 Å². The van der Waals surface area contributed by atoms with E-state index in [1.165, 1.54) is 11.5 Å². The maximum Gasteiger partial charge on any atom is 0.125 e. The van der Waals surface area contributed by atoms with Gasteiger partial charge in [0.25, 0.3) is 0 Å². The number of hydrogen-bond acceptors (Lipinski definition) is 3. The van der Waals surface area contributed by atoms with Gasteiger partial charge in [-0.3, -0.25) is 0 Å². The maximum absolute atomic E-state index is 6.28. The molecule has 2 aliphatic heterocycles. The number of halogens is 1. The SMILES string of the molecule is NC1CC2(CCSCC2)Oc2ccc(Cl)cc21. The average Bonchev–Trinajstić information content (AvgIpc) is 2.31. The number of hydrogen-bond donors (Lipinski definition) is 1. The molecule has 2 N–H and O–H groups in total. The van der Waals surface area contributed by atoms with Crippen molar-refractivity contribution in [2.24, 2.45) is 5.73 Å². The Morgan fingerprint density at radius 1 is 1.35 bits per heavy atom. The van der Waals surface area contributed by atoms with Crippen molar-refractivity contribution in [3.8, 4) is 5.75 Å². The van der Waals surface area contributed by atoms with Crippen LogP contribution in [0.5, 0.6) is 5.75 Å². The lowest BCUT2D eigenvalue weighted by Crippen LogP contribution is -2.45. The van der Waals surface area contributed by atoms with Gasteiger partial charge in [0.05, 0.1) is 0 Å². The Morgan fingerprint density at radius 2 is 2.12 bits per heavy atom. The smallest absolute Gasteiger partial charge is 0.125 e. The van der Waals surface area contributed by atoms with Crippen molar-refractivity contribution >= 4 is 23.4 Å². The van der Waals surface area contributed by atoms with Crippen LogP contribution in [0.1, 0.15) is 30.9 Å². The second-order valence-electron chi connectivity index (χ2n) is 4.89. The molecule has 92 valence electrons. The highest BCUT2D eigenvalue weighted by molar-refractivity contribution is 7.99. The quantitative estimate of drug-likeness (QED) is 0.784. The zero-order valence-corrected chi connectivity index (χ0v) is 11.2. The minimum Gasteiger partial charge on any atom is -0.487 e. The van der Waals surface area contributed by atoms with Crippen molar-refractivity contribution in [3.63, 3.8) is 0 Å². The summed E-state index contributed by atoms with van der Waals surface area (Å²) in [5.74, 6) is 3.28. The van der Waals surface area contributed by atoms with E-state index in [0.717, 1.165) is 35.6 Å². The van der Waals surface area contributed by atoms with Gasteiger partial charge >= 0.3 is 0 Å². The van der Waals surface area contributed by atoms with Gasteiger partial charge in [0.15, 0.2) is 0 Å². The predicted molar refractivity (Wildman–Crippen MR) is 72.9 cm³/mol. The number of nitrogens with two attached hydrogens (primary N) is 1. The van der Waals surface area contributed by atoms with Crippen LogP contribution in [-0.2, 0) is 0 Å². The van der Waals surface area contributed by atoms with Crippen LogP contribution >= 0.6 is 23.4 Å². The van der Waals surface area contributed by atoms with Crippen LogP contribution in [0, 0.1) is 0 Å². The fourth-order valence-electron chi connectivity index (χ4n) is 2.74. The number of rotatable bonds is 0. The molecule has 17 heavy (non-hydrogen) atoms. The summed E-state index contributed by atoms with van der Waals surface area (Å²) in [5, 5.41) is 0.734. The van der Waals surface area contributed by atoms with Gasteiger partial charge in [-0.2, -0.15) is 11.8 Å². The molecule has 0 saturated carbocycles. The molecule has 0 aromatic heterocycles. The maximum atomic E-state index is 6.28. The molecule has 2 nitrogen and oxygen atoms in total. The van der Waals surface area contributed by atoms with Crippen molar-refractivity contribution in [1.29, 1.82) is 0 Å². The molecule has 0 amide bonds. The number of thioether (sulfide) groups is 1. The van der Waals surface area contributed by atoms with Gasteiger partial charge in [0.2, 0.25) is 0 Å². The van der Waals surface area contributed by atoms with E-state index in [9.17, 15) is 0 Å². The van der Waals surface area contributed by atoms with E-state index in [4.69, 9.17) is 22.1 Å².